The summed E-state index contributed by atoms with van der Waals surface area (Å²) in [4.78, 5) is 11.3. The number of para-hydroxylation sites is 1. The summed E-state index contributed by atoms with van der Waals surface area (Å²) in [5.74, 6) is -0.489. The minimum absolute atomic E-state index is 0.248. The van der Waals surface area contributed by atoms with Crippen molar-refractivity contribution < 1.29 is 19.1 Å². The molecule has 2 heterocycles. The summed E-state index contributed by atoms with van der Waals surface area (Å²) >= 11 is 0. The van der Waals surface area contributed by atoms with E-state index in [9.17, 15) is 9.90 Å². The Morgan fingerprint density at radius 3 is 2.83 bits per heavy atom. The fourth-order valence-electron chi connectivity index (χ4n) is 2.05. The van der Waals surface area contributed by atoms with E-state index in [-0.39, 0.29) is 5.56 Å². The molecule has 0 amide bonds. The van der Waals surface area contributed by atoms with Gasteiger partial charge in [-0.05, 0) is 6.07 Å². The largest absolute Gasteiger partial charge is 0.478 e. The summed E-state index contributed by atoms with van der Waals surface area (Å²) in [6.45, 7) is 1.75. The van der Waals surface area contributed by atoms with Crippen LogP contribution in [0.5, 0.6) is 0 Å². The normalized spacial score (nSPS) is 15.8. The number of nitrogens with one attached hydrogen (secondary N) is 1. The molecule has 5 heteroatoms. The van der Waals surface area contributed by atoms with E-state index in [1.165, 1.54) is 0 Å². The molecule has 0 saturated carbocycles. The van der Waals surface area contributed by atoms with Gasteiger partial charge in [0.2, 0.25) is 0 Å². The highest BCUT2D eigenvalue weighted by molar-refractivity contribution is 6.03. The molecule has 1 aliphatic rings. The zero-order chi connectivity index (χ0) is 12.5. The lowest BCUT2D eigenvalue weighted by Gasteiger charge is -2.26. The summed E-state index contributed by atoms with van der Waals surface area (Å²) in [7, 11) is 0. The van der Waals surface area contributed by atoms with Gasteiger partial charge in [-0.1, -0.05) is 18.2 Å². The Morgan fingerprint density at radius 1 is 1.39 bits per heavy atom. The van der Waals surface area contributed by atoms with Gasteiger partial charge in [0.05, 0.1) is 25.8 Å². The van der Waals surface area contributed by atoms with Gasteiger partial charge >= 0.3 is 5.97 Å². The zero-order valence-corrected chi connectivity index (χ0v) is 9.68. The van der Waals surface area contributed by atoms with Gasteiger partial charge in [0, 0.05) is 5.39 Å². The lowest BCUT2D eigenvalue weighted by Crippen LogP contribution is -2.45. The van der Waals surface area contributed by atoms with Gasteiger partial charge in [0.1, 0.15) is 16.9 Å². The number of benzene rings is 1. The molecule has 0 atom stereocenters. The standard InChI is InChI=1S/C13H13NO4/c15-13(16)12-9-3-1-2-4-10(9)18-11(12)5-14-8-6-17-7-8/h1-4,8,14H,5-7H2,(H,15,16). The number of hydrogen-bond donors (Lipinski definition) is 2. The van der Waals surface area contributed by atoms with Crippen LogP contribution in [-0.2, 0) is 11.3 Å². The molecule has 1 aromatic heterocycles. The Hall–Kier alpha value is -1.85. The molecule has 94 valence electrons. The van der Waals surface area contributed by atoms with E-state index in [1.54, 1.807) is 18.2 Å². The maximum Gasteiger partial charge on any atom is 0.339 e. The van der Waals surface area contributed by atoms with Crippen molar-refractivity contribution in [1.29, 1.82) is 0 Å². The highest BCUT2D eigenvalue weighted by Crippen LogP contribution is 2.26. The zero-order valence-electron chi connectivity index (χ0n) is 9.68. The van der Waals surface area contributed by atoms with Gasteiger partial charge in [-0.25, -0.2) is 4.79 Å². The van der Waals surface area contributed by atoms with Crippen molar-refractivity contribution in [2.24, 2.45) is 0 Å². The third-order valence-corrected chi connectivity index (χ3v) is 3.07. The van der Waals surface area contributed by atoms with Crippen LogP contribution in [0, 0.1) is 0 Å². The lowest BCUT2D eigenvalue weighted by molar-refractivity contribution is -0.00641. The Morgan fingerprint density at radius 2 is 2.17 bits per heavy atom. The predicted molar refractivity (Wildman–Crippen MR) is 64.6 cm³/mol. The van der Waals surface area contributed by atoms with E-state index in [2.05, 4.69) is 5.32 Å². The van der Waals surface area contributed by atoms with Gasteiger partial charge in [-0.15, -0.1) is 0 Å². The molecule has 0 spiro atoms. The monoisotopic (exact) mass is 247 g/mol. The van der Waals surface area contributed by atoms with Gasteiger partial charge < -0.3 is 19.6 Å². The van der Waals surface area contributed by atoms with Crippen LogP contribution in [0.15, 0.2) is 28.7 Å². The second kappa shape index (κ2) is 4.44. The molecule has 0 unspecified atom stereocenters. The number of ether oxygens (including phenoxy) is 1. The average molecular weight is 247 g/mol. The van der Waals surface area contributed by atoms with Crippen molar-refractivity contribution in [3.05, 3.63) is 35.6 Å². The average Bonchev–Trinajstić information content (AvgIpc) is 2.65. The molecule has 2 aromatic rings. The molecule has 0 bridgehead atoms. The molecule has 1 saturated heterocycles. The lowest BCUT2D eigenvalue weighted by atomic mass is 10.1. The van der Waals surface area contributed by atoms with E-state index in [1.807, 2.05) is 6.07 Å². The van der Waals surface area contributed by atoms with Crippen molar-refractivity contribution in [3.8, 4) is 0 Å². The second-order valence-corrected chi connectivity index (χ2v) is 4.32. The summed E-state index contributed by atoms with van der Waals surface area (Å²) < 4.78 is 10.6. The number of carboxylic acid groups (broad SMARTS) is 1. The summed E-state index contributed by atoms with van der Waals surface area (Å²) in [5.41, 5.74) is 0.856. The Labute approximate surface area is 103 Å². The second-order valence-electron chi connectivity index (χ2n) is 4.32. The van der Waals surface area contributed by atoms with Gasteiger partial charge in [-0.3, -0.25) is 0 Å². The Balaban J connectivity index is 1.93. The quantitative estimate of drug-likeness (QED) is 0.859. The predicted octanol–water partition coefficient (Wildman–Crippen LogP) is 1.62. The molecule has 1 aromatic carbocycles. The Bertz CT molecular complexity index is 586. The van der Waals surface area contributed by atoms with Crippen LogP contribution in [0.1, 0.15) is 16.1 Å². The van der Waals surface area contributed by atoms with E-state index in [0.29, 0.717) is 42.5 Å². The van der Waals surface area contributed by atoms with Crippen LogP contribution in [-0.4, -0.2) is 30.3 Å². The fourth-order valence-corrected chi connectivity index (χ4v) is 2.05. The summed E-state index contributed by atoms with van der Waals surface area (Å²) in [6, 6.07) is 7.46. The van der Waals surface area contributed by atoms with Crippen molar-refractivity contribution in [3.63, 3.8) is 0 Å². The van der Waals surface area contributed by atoms with Crippen LogP contribution in [0.4, 0.5) is 0 Å². The topological polar surface area (TPSA) is 71.7 Å². The van der Waals surface area contributed by atoms with Crippen LogP contribution in [0.25, 0.3) is 11.0 Å². The molecule has 0 aliphatic carbocycles. The Kier molecular flexibility index (Phi) is 2.77. The van der Waals surface area contributed by atoms with E-state index >= 15 is 0 Å². The van der Waals surface area contributed by atoms with Crippen LogP contribution < -0.4 is 5.32 Å². The summed E-state index contributed by atoms with van der Waals surface area (Å²) in [6.07, 6.45) is 0. The third-order valence-electron chi connectivity index (χ3n) is 3.07. The van der Waals surface area contributed by atoms with Crippen molar-refractivity contribution >= 4 is 16.9 Å². The molecular formula is C13H13NO4. The molecular weight excluding hydrogens is 234 g/mol. The van der Waals surface area contributed by atoms with Gasteiger partial charge in [-0.2, -0.15) is 0 Å². The van der Waals surface area contributed by atoms with Crippen molar-refractivity contribution in [2.45, 2.75) is 12.6 Å². The molecule has 5 nitrogen and oxygen atoms in total. The van der Waals surface area contributed by atoms with Gasteiger partial charge in [0.15, 0.2) is 0 Å². The number of carboxylic acids is 1. The first kappa shape index (κ1) is 11.3. The fraction of sp³-hybridized carbons (Fsp3) is 0.308. The smallest absolute Gasteiger partial charge is 0.339 e. The number of fused-ring (bicyclic) bond motifs is 1. The SMILES string of the molecule is O=C(O)c1c(CNC2COC2)oc2ccccc12. The maximum absolute atomic E-state index is 11.3. The highest BCUT2D eigenvalue weighted by Gasteiger charge is 2.22. The summed E-state index contributed by atoms with van der Waals surface area (Å²) in [5, 5.41) is 13.1. The first-order valence-electron chi connectivity index (χ1n) is 5.80. The highest BCUT2D eigenvalue weighted by atomic mass is 16.5. The molecule has 1 fully saturated rings. The minimum Gasteiger partial charge on any atom is -0.478 e. The maximum atomic E-state index is 11.3. The van der Waals surface area contributed by atoms with E-state index < -0.39 is 5.97 Å². The first-order valence-corrected chi connectivity index (χ1v) is 5.80. The molecule has 1 aliphatic heterocycles. The van der Waals surface area contributed by atoms with Gasteiger partial charge in [0.25, 0.3) is 0 Å². The first-order chi connectivity index (χ1) is 8.75. The number of carbonyl (C=O) groups is 1. The molecule has 18 heavy (non-hydrogen) atoms. The number of furan rings is 1. The van der Waals surface area contributed by atoms with Crippen molar-refractivity contribution in [1.82, 2.24) is 5.32 Å². The number of aromatic carboxylic acids is 1. The number of rotatable bonds is 4. The van der Waals surface area contributed by atoms with E-state index in [4.69, 9.17) is 9.15 Å². The van der Waals surface area contributed by atoms with Crippen LogP contribution >= 0.6 is 0 Å². The molecule has 3 rings (SSSR count). The minimum atomic E-state index is -0.957. The number of hydrogen-bond acceptors (Lipinski definition) is 4. The molecule has 0 radical (unpaired) electrons. The van der Waals surface area contributed by atoms with Crippen LogP contribution in [0.3, 0.4) is 0 Å². The third kappa shape index (κ3) is 1.87. The molecule has 2 N–H and O–H groups in total. The van der Waals surface area contributed by atoms with Crippen molar-refractivity contribution in [2.75, 3.05) is 13.2 Å². The van der Waals surface area contributed by atoms with Crippen LogP contribution in [0.2, 0.25) is 0 Å². The van der Waals surface area contributed by atoms with E-state index in [0.717, 1.165) is 0 Å².